The summed E-state index contributed by atoms with van der Waals surface area (Å²) in [5.74, 6) is 0.0400. The predicted molar refractivity (Wildman–Crippen MR) is 72.4 cm³/mol. The van der Waals surface area contributed by atoms with E-state index in [2.05, 4.69) is 38.1 Å². The van der Waals surface area contributed by atoms with Crippen LogP contribution in [0.2, 0.25) is 0 Å². The molecule has 0 saturated carbocycles. The maximum atomic E-state index is 5.97. The van der Waals surface area contributed by atoms with Crippen LogP contribution in [-0.4, -0.2) is 18.9 Å². The smallest absolute Gasteiger partial charge is 0.167 e. The minimum atomic E-state index is -0.518. The average Bonchev–Trinajstić information content (AvgIpc) is 2.72. The molecular weight excluding hydrogens is 226 g/mol. The molecule has 3 nitrogen and oxygen atoms in total. The summed E-state index contributed by atoms with van der Waals surface area (Å²) in [4.78, 5) is 0. The lowest BCUT2D eigenvalue weighted by atomic mass is 10.0. The molecule has 1 aliphatic heterocycles. The van der Waals surface area contributed by atoms with Crippen molar-refractivity contribution in [2.75, 3.05) is 13.2 Å². The molecule has 2 unspecified atom stereocenters. The van der Waals surface area contributed by atoms with Crippen LogP contribution in [0.4, 0.5) is 0 Å². The van der Waals surface area contributed by atoms with Gasteiger partial charge in [0.15, 0.2) is 5.79 Å². The fourth-order valence-electron chi connectivity index (χ4n) is 2.27. The molecule has 0 amide bonds. The maximum Gasteiger partial charge on any atom is 0.167 e. The summed E-state index contributed by atoms with van der Waals surface area (Å²) in [6.07, 6.45) is 0.760. The van der Waals surface area contributed by atoms with Crippen LogP contribution in [0, 0.1) is 0 Å². The van der Waals surface area contributed by atoms with E-state index in [4.69, 9.17) is 15.2 Å². The predicted octanol–water partition coefficient (Wildman–Crippen LogP) is 2.96. The quantitative estimate of drug-likeness (QED) is 0.892. The third-order valence-corrected chi connectivity index (χ3v) is 3.50. The van der Waals surface area contributed by atoms with Gasteiger partial charge in [0.05, 0.1) is 6.61 Å². The minimum absolute atomic E-state index is 0.0303. The SMILES string of the molecule is CC(C)c1ccc(C2COC(C)(CCN)O2)cc1. The second kappa shape index (κ2) is 5.39. The molecule has 0 spiro atoms. The Labute approximate surface area is 109 Å². The molecule has 1 heterocycles. The van der Waals surface area contributed by atoms with Gasteiger partial charge in [-0.1, -0.05) is 38.1 Å². The second-order valence-electron chi connectivity index (χ2n) is 5.41. The first kappa shape index (κ1) is 13.5. The van der Waals surface area contributed by atoms with Gasteiger partial charge >= 0.3 is 0 Å². The largest absolute Gasteiger partial charge is 0.347 e. The molecule has 0 radical (unpaired) electrons. The van der Waals surface area contributed by atoms with E-state index in [-0.39, 0.29) is 6.10 Å². The lowest BCUT2D eigenvalue weighted by molar-refractivity contribution is -0.157. The van der Waals surface area contributed by atoms with Gasteiger partial charge in [-0.25, -0.2) is 0 Å². The van der Waals surface area contributed by atoms with Crippen molar-refractivity contribution >= 4 is 0 Å². The van der Waals surface area contributed by atoms with E-state index in [0.717, 1.165) is 6.42 Å². The summed E-state index contributed by atoms with van der Waals surface area (Å²) in [5, 5.41) is 0. The second-order valence-corrected chi connectivity index (χ2v) is 5.41. The fourth-order valence-corrected chi connectivity index (χ4v) is 2.27. The normalized spacial score (nSPS) is 27.9. The minimum Gasteiger partial charge on any atom is -0.347 e. The summed E-state index contributed by atoms with van der Waals surface area (Å²) in [6, 6.07) is 8.61. The van der Waals surface area contributed by atoms with Crippen molar-refractivity contribution in [3.05, 3.63) is 35.4 Å². The van der Waals surface area contributed by atoms with E-state index in [1.165, 1.54) is 11.1 Å². The van der Waals surface area contributed by atoms with Crippen molar-refractivity contribution in [1.82, 2.24) is 0 Å². The van der Waals surface area contributed by atoms with Crippen LogP contribution in [0.5, 0.6) is 0 Å². The number of hydrogen-bond acceptors (Lipinski definition) is 3. The van der Waals surface area contributed by atoms with Gasteiger partial charge in [0.25, 0.3) is 0 Å². The molecule has 2 N–H and O–H groups in total. The standard InChI is InChI=1S/C15H23NO2/c1-11(2)12-4-6-13(7-5-12)14-10-17-15(3,18-14)8-9-16/h4-7,11,14H,8-10,16H2,1-3H3. The lowest BCUT2D eigenvalue weighted by Gasteiger charge is -2.22. The molecule has 1 aromatic rings. The molecule has 2 atom stereocenters. The lowest BCUT2D eigenvalue weighted by Crippen LogP contribution is -2.28. The van der Waals surface area contributed by atoms with Crippen LogP contribution in [0.3, 0.4) is 0 Å². The Balaban J connectivity index is 2.05. The molecule has 18 heavy (non-hydrogen) atoms. The van der Waals surface area contributed by atoms with Gasteiger partial charge in [-0.2, -0.15) is 0 Å². The van der Waals surface area contributed by atoms with E-state index < -0.39 is 5.79 Å². The Morgan fingerprint density at radius 1 is 1.33 bits per heavy atom. The number of hydrogen-bond donors (Lipinski definition) is 1. The van der Waals surface area contributed by atoms with E-state index >= 15 is 0 Å². The molecule has 1 fully saturated rings. The zero-order chi connectivity index (χ0) is 13.2. The number of rotatable bonds is 4. The van der Waals surface area contributed by atoms with Gasteiger partial charge in [0.2, 0.25) is 0 Å². The van der Waals surface area contributed by atoms with Crippen LogP contribution in [-0.2, 0) is 9.47 Å². The molecule has 1 saturated heterocycles. The molecule has 1 aromatic carbocycles. The van der Waals surface area contributed by atoms with E-state index in [1.54, 1.807) is 0 Å². The molecule has 1 aliphatic rings. The maximum absolute atomic E-state index is 5.97. The highest BCUT2D eigenvalue weighted by Crippen LogP contribution is 2.35. The zero-order valence-electron chi connectivity index (χ0n) is 11.5. The fraction of sp³-hybridized carbons (Fsp3) is 0.600. The number of benzene rings is 1. The first-order valence-corrected chi connectivity index (χ1v) is 6.66. The summed E-state index contributed by atoms with van der Waals surface area (Å²) < 4.78 is 11.7. The Morgan fingerprint density at radius 3 is 2.56 bits per heavy atom. The Kier molecular flexibility index (Phi) is 4.05. The number of ether oxygens (including phenoxy) is 2. The van der Waals surface area contributed by atoms with Gasteiger partial charge < -0.3 is 15.2 Å². The summed E-state index contributed by atoms with van der Waals surface area (Å²) >= 11 is 0. The summed E-state index contributed by atoms with van der Waals surface area (Å²) in [6.45, 7) is 7.54. The molecule has 3 heteroatoms. The Morgan fingerprint density at radius 2 is 2.00 bits per heavy atom. The highest BCUT2D eigenvalue weighted by molar-refractivity contribution is 5.26. The van der Waals surface area contributed by atoms with E-state index in [0.29, 0.717) is 19.1 Å². The first-order valence-electron chi connectivity index (χ1n) is 6.66. The van der Waals surface area contributed by atoms with Crippen molar-refractivity contribution in [2.45, 2.75) is 45.0 Å². The van der Waals surface area contributed by atoms with Gasteiger partial charge in [0, 0.05) is 6.42 Å². The molecular formula is C15H23NO2. The van der Waals surface area contributed by atoms with Crippen LogP contribution in [0.15, 0.2) is 24.3 Å². The zero-order valence-corrected chi connectivity index (χ0v) is 11.5. The van der Waals surface area contributed by atoms with Crippen molar-refractivity contribution < 1.29 is 9.47 Å². The van der Waals surface area contributed by atoms with Gasteiger partial charge in [-0.3, -0.25) is 0 Å². The third-order valence-electron chi connectivity index (χ3n) is 3.50. The Hall–Kier alpha value is -0.900. The highest BCUT2D eigenvalue weighted by Gasteiger charge is 2.37. The van der Waals surface area contributed by atoms with Gasteiger partial charge in [0.1, 0.15) is 6.10 Å². The first-order chi connectivity index (χ1) is 8.54. The van der Waals surface area contributed by atoms with Gasteiger partial charge in [-0.05, 0) is 30.5 Å². The highest BCUT2D eigenvalue weighted by atomic mass is 16.7. The molecule has 2 rings (SSSR count). The van der Waals surface area contributed by atoms with Gasteiger partial charge in [-0.15, -0.1) is 0 Å². The van der Waals surface area contributed by atoms with Crippen LogP contribution < -0.4 is 5.73 Å². The van der Waals surface area contributed by atoms with Crippen LogP contribution in [0.25, 0.3) is 0 Å². The van der Waals surface area contributed by atoms with E-state index in [1.807, 2.05) is 6.92 Å². The molecule has 100 valence electrons. The van der Waals surface area contributed by atoms with Crippen LogP contribution in [0.1, 0.15) is 50.3 Å². The molecule has 0 aliphatic carbocycles. The van der Waals surface area contributed by atoms with Crippen molar-refractivity contribution in [1.29, 1.82) is 0 Å². The molecule has 0 aromatic heterocycles. The van der Waals surface area contributed by atoms with Crippen molar-refractivity contribution in [3.63, 3.8) is 0 Å². The summed E-state index contributed by atoms with van der Waals surface area (Å²) in [5.41, 5.74) is 8.10. The Bertz CT molecular complexity index is 388. The third kappa shape index (κ3) is 2.91. The average molecular weight is 249 g/mol. The van der Waals surface area contributed by atoms with Crippen molar-refractivity contribution in [3.8, 4) is 0 Å². The van der Waals surface area contributed by atoms with Crippen LogP contribution >= 0.6 is 0 Å². The van der Waals surface area contributed by atoms with E-state index in [9.17, 15) is 0 Å². The topological polar surface area (TPSA) is 44.5 Å². The summed E-state index contributed by atoms with van der Waals surface area (Å²) in [7, 11) is 0. The monoisotopic (exact) mass is 249 g/mol. The van der Waals surface area contributed by atoms with Crippen molar-refractivity contribution in [2.24, 2.45) is 5.73 Å². The number of nitrogens with two attached hydrogens (primary N) is 1. The molecule has 0 bridgehead atoms.